The van der Waals surface area contributed by atoms with Crippen molar-refractivity contribution in [1.29, 1.82) is 0 Å². The van der Waals surface area contributed by atoms with E-state index in [1.54, 1.807) is 0 Å². The number of halogens is 1. The standard InChI is InChI=1S/C14H20BrNO/c1-10(2)9-16-13-4-3-7-17-14-8-11(15)5-6-12(13)14/h5-6,8,10,13,16H,3-4,7,9H2,1-2H3. The van der Waals surface area contributed by atoms with E-state index in [-0.39, 0.29) is 0 Å². The zero-order chi connectivity index (χ0) is 12.3. The normalized spacial score (nSPS) is 19.6. The molecule has 0 saturated carbocycles. The predicted molar refractivity (Wildman–Crippen MR) is 74.5 cm³/mol. The number of fused-ring (bicyclic) bond motifs is 1. The lowest BCUT2D eigenvalue weighted by atomic mass is 10.0. The van der Waals surface area contributed by atoms with Crippen LogP contribution < -0.4 is 10.1 Å². The zero-order valence-electron chi connectivity index (χ0n) is 10.5. The van der Waals surface area contributed by atoms with Crippen LogP contribution in [0.1, 0.15) is 38.3 Å². The summed E-state index contributed by atoms with van der Waals surface area (Å²) in [5, 5.41) is 3.64. The molecule has 0 radical (unpaired) electrons. The Hall–Kier alpha value is -0.540. The summed E-state index contributed by atoms with van der Waals surface area (Å²) in [5.41, 5.74) is 1.30. The third-order valence-electron chi connectivity index (χ3n) is 3.02. The van der Waals surface area contributed by atoms with Crippen molar-refractivity contribution in [2.45, 2.75) is 32.7 Å². The van der Waals surface area contributed by atoms with Gasteiger partial charge in [-0.3, -0.25) is 0 Å². The van der Waals surface area contributed by atoms with Gasteiger partial charge >= 0.3 is 0 Å². The van der Waals surface area contributed by atoms with Gasteiger partial charge in [0.1, 0.15) is 5.75 Å². The Bertz CT molecular complexity index is 378. The van der Waals surface area contributed by atoms with Gasteiger partial charge in [0.05, 0.1) is 6.61 Å². The van der Waals surface area contributed by atoms with Crippen LogP contribution in [0.2, 0.25) is 0 Å². The summed E-state index contributed by atoms with van der Waals surface area (Å²) >= 11 is 3.50. The molecule has 17 heavy (non-hydrogen) atoms. The Morgan fingerprint density at radius 1 is 1.47 bits per heavy atom. The van der Waals surface area contributed by atoms with Crippen LogP contribution in [0.25, 0.3) is 0 Å². The van der Waals surface area contributed by atoms with Crippen molar-refractivity contribution in [2.75, 3.05) is 13.2 Å². The molecule has 3 heteroatoms. The van der Waals surface area contributed by atoms with Crippen LogP contribution in [0.15, 0.2) is 22.7 Å². The molecular weight excluding hydrogens is 278 g/mol. The molecule has 1 N–H and O–H groups in total. The first kappa shape index (κ1) is 12.9. The molecule has 0 fully saturated rings. The van der Waals surface area contributed by atoms with Crippen molar-refractivity contribution in [1.82, 2.24) is 5.32 Å². The minimum absolute atomic E-state index is 0.433. The zero-order valence-corrected chi connectivity index (χ0v) is 12.1. The number of benzene rings is 1. The van der Waals surface area contributed by atoms with E-state index in [0.29, 0.717) is 12.0 Å². The summed E-state index contributed by atoms with van der Waals surface area (Å²) in [4.78, 5) is 0. The quantitative estimate of drug-likeness (QED) is 0.913. The van der Waals surface area contributed by atoms with E-state index >= 15 is 0 Å². The molecular formula is C14H20BrNO. The molecule has 1 heterocycles. The average Bonchev–Trinajstić information content (AvgIpc) is 2.48. The van der Waals surface area contributed by atoms with Crippen molar-refractivity contribution >= 4 is 15.9 Å². The van der Waals surface area contributed by atoms with Gasteiger partial charge in [-0.25, -0.2) is 0 Å². The Balaban J connectivity index is 2.18. The molecule has 1 aromatic carbocycles. The molecule has 1 aliphatic rings. The van der Waals surface area contributed by atoms with Crippen molar-refractivity contribution in [3.63, 3.8) is 0 Å². The third kappa shape index (κ3) is 3.46. The topological polar surface area (TPSA) is 21.3 Å². The summed E-state index contributed by atoms with van der Waals surface area (Å²) < 4.78 is 6.88. The fraction of sp³-hybridized carbons (Fsp3) is 0.571. The fourth-order valence-corrected chi connectivity index (χ4v) is 2.48. The molecule has 0 aliphatic carbocycles. The SMILES string of the molecule is CC(C)CNC1CCCOc2cc(Br)ccc21. The van der Waals surface area contributed by atoms with Crippen LogP contribution in [-0.2, 0) is 0 Å². The lowest BCUT2D eigenvalue weighted by molar-refractivity contribution is 0.314. The van der Waals surface area contributed by atoms with Crippen LogP contribution in [-0.4, -0.2) is 13.2 Å². The number of rotatable bonds is 3. The van der Waals surface area contributed by atoms with E-state index in [4.69, 9.17) is 4.74 Å². The highest BCUT2D eigenvalue weighted by Gasteiger charge is 2.19. The molecule has 0 aromatic heterocycles. The first-order valence-corrected chi connectivity index (χ1v) is 7.11. The fourth-order valence-electron chi connectivity index (χ4n) is 2.14. The maximum absolute atomic E-state index is 5.80. The van der Waals surface area contributed by atoms with Gasteiger partial charge in [0.25, 0.3) is 0 Å². The summed E-state index contributed by atoms with van der Waals surface area (Å²) in [6.07, 6.45) is 2.27. The Labute approximate surface area is 112 Å². The third-order valence-corrected chi connectivity index (χ3v) is 3.51. The van der Waals surface area contributed by atoms with E-state index in [2.05, 4.69) is 53.3 Å². The predicted octanol–water partition coefficient (Wildman–Crippen LogP) is 3.91. The molecule has 1 aliphatic heterocycles. The second-order valence-corrected chi connectivity index (χ2v) is 5.94. The molecule has 2 nitrogen and oxygen atoms in total. The molecule has 1 aromatic rings. The molecule has 1 atom stereocenters. The molecule has 2 rings (SSSR count). The van der Waals surface area contributed by atoms with Gasteiger partial charge in [-0.1, -0.05) is 35.8 Å². The minimum Gasteiger partial charge on any atom is -0.493 e. The number of nitrogens with one attached hydrogen (secondary N) is 1. The van der Waals surface area contributed by atoms with Crippen molar-refractivity contribution in [3.8, 4) is 5.75 Å². The van der Waals surface area contributed by atoms with Crippen LogP contribution in [0, 0.1) is 5.92 Å². The van der Waals surface area contributed by atoms with E-state index in [0.717, 1.165) is 36.2 Å². The van der Waals surface area contributed by atoms with Crippen molar-refractivity contribution < 1.29 is 4.74 Å². The molecule has 0 spiro atoms. The van der Waals surface area contributed by atoms with E-state index in [1.165, 1.54) is 5.56 Å². The monoisotopic (exact) mass is 297 g/mol. The lowest BCUT2D eigenvalue weighted by Gasteiger charge is -2.19. The van der Waals surface area contributed by atoms with E-state index in [1.807, 2.05) is 0 Å². The van der Waals surface area contributed by atoms with Crippen LogP contribution in [0.4, 0.5) is 0 Å². The molecule has 94 valence electrons. The summed E-state index contributed by atoms with van der Waals surface area (Å²) in [7, 11) is 0. The first-order valence-electron chi connectivity index (χ1n) is 6.32. The Morgan fingerprint density at radius 2 is 2.29 bits per heavy atom. The maximum Gasteiger partial charge on any atom is 0.125 e. The molecule has 0 bridgehead atoms. The van der Waals surface area contributed by atoms with Gasteiger partial charge in [-0.05, 0) is 37.4 Å². The molecule has 1 unspecified atom stereocenters. The highest BCUT2D eigenvalue weighted by atomic mass is 79.9. The average molecular weight is 298 g/mol. The summed E-state index contributed by atoms with van der Waals surface area (Å²) in [5.74, 6) is 1.70. The van der Waals surface area contributed by atoms with Crippen molar-refractivity contribution in [3.05, 3.63) is 28.2 Å². The van der Waals surface area contributed by atoms with E-state index in [9.17, 15) is 0 Å². The second kappa shape index (κ2) is 5.87. The van der Waals surface area contributed by atoms with Crippen LogP contribution >= 0.6 is 15.9 Å². The number of hydrogen-bond donors (Lipinski definition) is 1. The highest BCUT2D eigenvalue weighted by Crippen LogP contribution is 2.33. The van der Waals surface area contributed by atoms with Gasteiger partial charge in [0.15, 0.2) is 0 Å². The van der Waals surface area contributed by atoms with Gasteiger partial charge in [-0.15, -0.1) is 0 Å². The van der Waals surface area contributed by atoms with Crippen LogP contribution in [0.3, 0.4) is 0 Å². The molecule has 0 amide bonds. The Morgan fingerprint density at radius 3 is 3.06 bits per heavy atom. The molecule has 0 saturated heterocycles. The van der Waals surface area contributed by atoms with Gasteiger partial charge in [0, 0.05) is 16.1 Å². The lowest BCUT2D eigenvalue weighted by Crippen LogP contribution is -2.25. The Kier molecular flexibility index (Phi) is 4.46. The van der Waals surface area contributed by atoms with E-state index < -0.39 is 0 Å². The summed E-state index contributed by atoms with van der Waals surface area (Å²) in [6, 6.07) is 6.77. The second-order valence-electron chi connectivity index (χ2n) is 5.03. The maximum atomic E-state index is 5.80. The smallest absolute Gasteiger partial charge is 0.125 e. The first-order chi connectivity index (χ1) is 8.16. The van der Waals surface area contributed by atoms with Gasteiger partial charge < -0.3 is 10.1 Å². The number of ether oxygens (including phenoxy) is 1. The summed E-state index contributed by atoms with van der Waals surface area (Å²) in [6.45, 7) is 6.36. The number of hydrogen-bond acceptors (Lipinski definition) is 2. The minimum atomic E-state index is 0.433. The van der Waals surface area contributed by atoms with Crippen molar-refractivity contribution in [2.24, 2.45) is 5.92 Å². The highest BCUT2D eigenvalue weighted by molar-refractivity contribution is 9.10. The largest absolute Gasteiger partial charge is 0.493 e. The van der Waals surface area contributed by atoms with Gasteiger partial charge in [-0.2, -0.15) is 0 Å². The van der Waals surface area contributed by atoms with Gasteiger partial charge in [0.2, 0.25) is 0 Å². The van der Waals surface area contributed by atoms with Crippen LogP contribution in [0.5, 0.6) is 5.75 Å².